The molecule has 0 N–H and O–H groups in total. The average Bonchev–Trinajstić information content (AvgIpc) is 2.20. The third kappa shape index (κ3) is 3.24. The van der Waals surface area contributed by atoms with Crippen LogP contribution in [-0.4, -0.2) is 11.3 Å². The number of Topliss-reactive ketones (excluding diaryl/α,β-unsaturated/α-hetero) is 1. The van der Waals surface area contributed by atoms with Crippen molar-refractivity contribution in [1.29, 1.82) is 0 Å². The summed E-state index contributed by atoms with van der Waals surface area (Å²) >= 11 is 5.88. The first kappa shape index (κ1) is 12.1. The Morgan fingerprint density at radius 2 is 2.20 bits per heavy atom. The summed E-state index contributed by atoms with van der Waals surface area (Å²) in [7, 11) is 0. The molecule has 3 heteroatoms. The molecular weight excluding hydrogens is 212 g/mol. The van der Waals surface area contributed by atoms with Crippen molar-refractivity contribution < 1.29 is 9.53 Å². The Bertz CT molecular complexity index is 361. The summed E-state index contributed by atoms with van der Waals surface area (Å²) in [4.78, 5) is 11.1. The van der Waals surface area contributed by atoms with Crippen LogP contribution >= 0.6 is 11.6 Å². The molecule has 0 spiro atoms. The first-order valence-corrected chi connectivity index (χ1v) is 5.40. The van der Waals surface area contributed by atoms with Gasteiger partial charge in [0.25, 0.3) is 0 Å². The molecule has 0 aliphatic heterocycles. The van der Waals surface area contributed by atoms with Gasteiger partial charge >= 0.3 is 0 Å². The first-order chi connectivity index (χ1) is 7.04. The van der Waals surface area contributed by atoms with Gasteiger partial charge < -0.3 is 4.74 Å². The highest BCUT2D eigenvalue weighted by Crippen LogP contribution is 2.22. The second-order valence-corrected chi connectivity index (χ2v) is 3.96. The van der Waals surface area contributed by atoms with Gasteiger partial charge in [0, 0.05) is 5.56 Å². The molecule has 0 amide bonds. The highest BCUT2D eigenvalue weighted by molar-refractivity contribution is 6.19. The van der Waals surface area contributed by atoms with E-state index in [9.17, 15) is 4.79 Å². The number of alkyl halides is 1. The summed E-state index contributed by atoms with van der Waals surface area (Å²) in [5, 5.41) is 0. The predicted molar refractivity (Wildman–Crippen MR) is 61.7 cm³/mol. The Labute approximate surface area is 95.2 Å². The van der Waals surface area contributed by atoms with Crippen LogP contribution < -0.4 is 4.74 Å². The van der Waals surface area contributed by atoms with Crippen LogP contribution in [0.2, 0.25) is 0 Å². The summed E-state index contributed by atoms with van der Waals surface area (Å²) in [6.45, 7) is 5.41. The lowest BCUT2D eigenvalue weighted by Gasteiger charge is -2.13. The molecule has 0 heterocycles. The number of hydrogen-bond donors (Lipinski definition) is 0. The fourth-order valence-corrected chi connectivity index (χ4v) is 1.32. The van der Waals surface area contributed by atoms with E-state index in [1.165, 1.54) is 0 Å². The second-order valence-electron chi connectivity index (χ2n) is 3.47. The van der Waals surface area contributed by atoms with Gasteiger partial charge in [-0.15, -0.1) is 0 Å². The van der Waals surface area contributed by atoms with E-state index >= 15 is 0 Å². The second kappa shape index (κ2) is 5.17. The molecule has 1 aromatic carbocycles. The SMILES string of the molecule is CCC(Cl)Oc1ccc(C(C)=O)cc1C. The Hall–Kier alpha value is -1.02. The van der Waals surface area contributed by atoms with Crippen LogP contribution in [0.1, 0.15) is 36.2 Å². The van der Waals surface area contributed by atoms with Gasteiger partial charge in [0.2, 0.25) is 0 Å². The van der Waals surface area contributed by atoms with Crippen LogP contribution in [0.5, 0.6) is 5.75 Å². The molecule has 0 aliphatic carbocycles. The van der Waals surface area contributed by atoms with E-state index in [1.807, 2.05) is 19.9 Å². The monoisotopic (exact) mass is 226 g/mol. The van der Waals surface area contributed by atoms with Gasteiger partial charge in [0.05, 0.1) is 0 Å². The van der Waals surface area contributed by atoms with Crippen molar-refractivity contribution in [3.05, 3.63) is 29.3 Å². The van der Waals surface area contributed by atoms with E-state index in [0.29, 0.717) is 5.56 Å². The van der Waals surface area contributed by atoms with Gasteiger partial charge in [0.1, 0.15) is 5.75 Å². The van der Waals surface area contributed by atoms with Gasteiger partial charge in [-0.1, -0.05) is 18.5 Å². The number of rotatable bonds is 4. The lowest BCUT2D eigenvalue weighted by Crippen LogP contribution is -2.07. The van der Waals surface area contributed by atoms with Crippen LogP contribution in [0.15, 0.2) is 18.2 Å². The Morgan fingerprint density at radius 3 is 2.67 bits per heavy atom. The number of benzene rings is 1. The third-order valence-electron chi connectivity index (χ3n) is 2.16. The molecule has 1 aromatic rings. The van der Waals surface area contributed by atoms with E-state index in [4.69, 9.17) is 16.3 Å². The summed E-state index contributed by atoms with van der Waals surface area (Å²) in [6.07, 6.45) is 0.745. The molecule has 1 atom stereocenters. The van der Waals surface area contributed by atoms with Crippen LogP contribution in [0.25, 0.3) is 0 Å². The smallest absolute Gasteiger partial charge is 0.171 e. The maximum absolute atomic E-state index is 11.1. The van der Waals surface area contributed by atoms with Crippen LogP contribution in [0.3, 0.4) is 0 Å². The lowest BCUT2D eigenvalue weighted by molar-refractivity contribution is 0.101. The van der Waals surface area contributed by atoms with Crippen LogP contribution in [0.4, 0.5) is 0 Å². The van der Waals surface area contributed by atoms with Gasteiger partial charge in [-0.05, 0) is 44.0 Å². The number of carbonyl (C=O) groups excluding carboxylic acids is 1. The number of carbonyl (C=O) groups is 1. The Balaban J connectivity index is 2.88. The summed E-state index contributed by atoms with van der Waals surface area (Å²) in [6, 6.07) is 5.36. The Kier molecular flexibility index (Phi) is 4.15. The summed E-state index contributed by atoms with van der Waals surface area (Å²) in [5.41, 5.74) is 1.32. The standard InChI is InChI=1S/C12H15ClO2/c1-4-12(13)15-11-6-5-10(9(3)14)7-8(11)2/h5-7,12H,4H2,1-3H3. The van der Waals surface area contributed by atoms with Gasteiger partial charge in [-0.25, -0.2) is 0 Å². The molecule has 0 bridgehead atoms. The molecule has 1 rings (SSSR count). The number of halogens is 1. The topological polar surface area (TPSA) is 26.3 Å². The minimum atomic E-state index is -0.313. The molecule has 1 unspecified atom stereocenters. The van der Waals surface area contributed by atoms with Crippen molar-refractivity contribution in [3.63, 3.8) is 0 Å². The largest absolute Gasteiger partial charge is 0.474 e. The van der Waals surface area contributed by atoms with Crippen molar-refractivity contribution in [2.24, 2.45) is 0 Å². The zero-order valence-electron chi connectivity index (χ0n) is 9.21. The zero-order chi connectivity index (χ0) is 11.4. The van der Waals surface area contributed by atoms with Crippen molar-refractivity contribution in [1.82, 2.24) is 0 Å². The minimum Gasteiger partial charge on any atom is -0.474 e. The molecule has 0 saturated carbocycles. The van der Waals surface area contributed by atoms with Crippen LogP contribution in [0, 0.1) is 6.92 Å². The fraction of sp³-hybridized carbons (Fsp3) is 0.417. The van der Waals surface area contributed by atoms with E-state index in [1.54, 1.807) is 19.1 Å². The molecule has 82 valence electrons. The van der Waals surface area contributed by atoms with Crippen molar-refractivity contribution >= 4 is 17.4 Å². The Morgan fingerprint density at radius 1 is 1.53 bits per heavy atom. The molecule has 0 aliphatic rings. The summed E-state index contributed by atoms with van der Waals surface area (Å²) in [5.74, 6) is 0.796. The minimum absolute atomic E-state index is 0.0579. The third-order valence-corrected chi connectivity index (χ3v) is 2.55. The number of aryl methyl sites for hydroxylation is 1. The van der Waals surface area contributed by atoms with Gasteiger partial charge in [0.15, 0.2) is 11.3 Å². The number of ether oxygens (including phenoxy) is 1. The fourth-order valence-electron chi connectivity index (χ4n) is 1.22. The zero-order valence-corrected chi connectivity index (χ0v) is 9.97. The highest BCUT2D eigenvalue weighted by atomic mass is 35.5. The predicted octanol–water partition coefficient (Wildman–Crippen LogP) is 3.55. The molecule has 15 heavy (non-hydrogen) atoms. The molecule has 0 radical (unpaired) electrons. The quantitative estimate of drug-likeness (QED) is 0.580. The van der Waals surface area contributed by atoms with Crippen molar-refractivity contribution in [2.75, 3.05) is 0 Å². The van der Waals surface area contributed by atoms with E-state index in [-0.39, 0.29) is 11.3 Å². The van der Waals surface area contributed by atoms with Crippen molar-refractivity contribution in [3.8, 4) is 5.75 Å². The number of hydrogen-bond acceptors (Lipinski definition) is 2. The first-order valence-electron chi connectivity index (χ1n) is 4.97. The maximum Gasteiger partial charge on any atom is 0.171 e. The summed E-state index contributed by atoms with van der Waals surface area (Å²) < 4.78 is 5.48. The van der Waals surface area contributed by atoms with E-state index in [2.05, 4.69) is 0 Å². The van der Waals surface area contributed by atoms with Gasteiger partial charge in [-0.3, -0.25) is 4.79 Å². The number of ketones is 1. The molecular formula is C12H15ClO2. The van der Waals surface area contributed by atoms with Crippen molar-refractivity contribution in [2.45, 2.75) is 32.8 Å². The lowest BCUT2D eigenvalue weighted by atomic mass is 10.1. The molecule has 2 nitrogen and oxygen atoms in total. The average molecular weight is 227 g/mol. The van der Waals surface area contributed by atoms with E-state index in [0.717, 1.165) is 17.7 Å². The maximum atomic E-state index is 11.1. The van der Waals surface area contributed by atoms with Gasteiger partial charge in [-0.2, -0.15) is 0 Å². The molecule has 0 saturated heterocycles. The highest BCUT2D eigenvalue weighted by Gasteiger charge is 2.07. The van der Waals surface area contributed by atoms with Crippen LogP contribution in [-0.2, 0) is 0 Å². The van der Waals surface area contributed by atoms with E-state index < -0.39 is 0 Å². The molecule has 0 fully saturated rings. The molecule has 0 aromatic heterocycles. The normalized spacial score (nSPS) is 12.3.